The van der Waals surface area contributed by atoms with Gasteiger partial charge in [0, 0.05) is 22.9 Å². The Morgan fingerprint density at radius 1 is 0.882 bits per heavy atom. The van der Waals surface area contributed by atoms with Crippen molar-refractivity contribution < 1.29 is 9.59 Å². The second-order valence-electron chi connectivity index (χ2n) is 8.10. The van der Waals surface area contributed by atoms with E-state index in [0.29, 0.717) is 32.9 Å². The molecular weight excluding hydrogens is 468 g/mol. The zero-order valence-electron chi connectivity index (χ0n) is 18.7. The number of aryl methyl sites for hydroxylation is 2. The molecule has 0 bridgehead atoms. The molecule has 3 aromatic carbocycles. The van der Waals surface area contributed by atoms with Gasteiger partial charge in [0.1, 0.15) is 0 Å². The second kappa shape index (κ2) is 9.08. The number of aromatic nitrogens is 3. The molecule has 0 atom stereocenters. The fourth-order valence-electron chi connectivity index (χ4n) is 4.03. The van der Waals surface area contributed by atoms with E-state index in [1.165, 1.54) is 16.7 Å². The number of rotatable bonds is 6. The van der Waals surface area contributed by atoms with E-state index in [2.05, 4.69) is 28.4 Å². The van der Waals surface area contributed by atoms with Gasteiger partial charge in [0.15, 0.2) is 11.0 Å². The minimum absolute atomic E-state index is 0.253. The number of thioether (sulfide) groups is 1. The van der Waals surface area contributed by atoms with Gasteiger partial charge in [-0.05, 0) is 55.3 Å². The van der Waals surface area contributed by atoms with Gasteiger partial charge in [-0.1, -0.05) is 59.8 Å². The van der Waals surface area contributed by atoms with Crippen molar-refractivity contribution in [2.75, 3.05) is 12.3 Å². The smallest absolute Gasteiger partial charge is 0.261 e. The topological polar surface area (TPSA) is 68.1 Å². The molecule has 5 rings (SSSR count). The molecule has 170 valence electrons. The van der Waals surface area contributed by atoms with Crippen LogP contribution in [0.1, 0.15) is 31.8 Å². The van der Waals surface area contributed by atoms with E-state index in [9.17, 15) is 9.59 Å². The second-order valence-corrected chi connectivity index (χ2v) is 9.60. The Balaban J connectivity index is 1.45. The summed E-state index contributed by atoms with van der Waals surface area (Å²) in [4.78, 5) is 26.7. The highest BCUT2D eigenvalue weighted by molar-refractivity contribution is 7.99. The molecule has 0 N–H and O–H groups in total. The molecule has 1 aliphatic rings. The minimum Gasteiger partial charge on any atom is -0.273 e. The molecule has 2 amide bonds. The molecule has 0 spiro atoms. The molecular formula is C26H21ClN4O2S. The summed E-state index contributed by atoms with van der Waals surface area (Å²) in [6.07, 6.45) is 0. The van der Waals surface area contributed by atoms with E-state index in [-0.39, 0.29) is 18.4 Å². The summed E-state index contributed by atoms with van der Waals surface area (Å²) in [6, 6.07) is 20.7. The van der Waals surface area contributed by atoms with Gasteiger partial charge in [0.2, 0.25) is 0 Å². The number of carbonyl (C=O) groups is 2. The van der Waals surface area contributed by atoms with E-state index in [4.69, 9.17) is 11.6 Å². The largest absolute Gasteiger partial charge is 0.273 e. The fraction of sp³-hybridized carbons (Fsp3) is 0.154. The highest BCUT2D eigenvalue weighted by atomic mass is 35.5. The predicted octanol–water partition coefficient (Wildman–Crippen LogP) is 5.59. The van der Waals surface area contributed by atoms with Crippen LogP contribution < -0.4 is 0 Å². The lowest BCUT2D eigenvalue weighted by molar-refractivity contribution is 0.0664. The number of benzene rings is 3. The average molecular weight is 489 g/mol. The van der Waals surface area contributed by atoms with Crippen LogP contribution in [0.15, 0.2) is 71.9 Å². The standard InChI is InChI=1S/C26H21ClN4O2S/c1-16-10-11-17(2)22(14-16)31-23(18-6-5-7-19(27)15-18)28-29-26(31)34-13-12-30-24(32)20-8-3-4-9-21(20)25(30)33/h3-11,14-15H,12-13H2,1-2H3. The lowest BCUT2D eigenvalue weighted by atomic mass is 10.1. The lowest BCUT2D eigenvalue weighted by Crippen LogP contribution is -2.31. The fourth-order valence-corrected chi connectivity index (χ4v) is 5.09. The van der Waals surface area contributed by atoms with Crippen molar-refractivity contribution in [2.24, 2.45) is 0 Å². The van der Waals surface area contributed by atoms with E-state index in [0.717, 1.165) is 22.4 Å². The quantitative estimate of drug-likeness (QED) is 0.261. The third-order valence-electron chi connectivity index (χ3n) is 5.75. The van der Waals surface area contributed by atoms with E-state index < -0.39 is 0 Å². The number of fused-ring (bicyclic) bond motifs is 1. The van der Waals surface area contributed by atoms with Gasteiger partial charge in [-0.2, -0.15) is 0 Å². The van der Waals surface area contributed by atoms with E-state index in [1.807, 2.05) is 42.7 Å². The van der Waals surface area contributed by atoms with Gasteiger partial charge >= 0.3 is 0 Å². The molecule has 34 heavy (non-hydrogen) atoms. The summed E-state index contributed by atoms with van der Waals surface area (Å²) >= 11 is 7.70. The zero-order valence-corrected chi connectivity index (χ0v) is 20.2. The third kappa shape index (κ3) is 4.02. The Labute approximate surface area is 206 Å². The Bertz CT molecular complexity index is 1400. The lowest BCUT2D eigenvalue weighted by Gasteiger charge is -2.15. The summed E-state index contributed by atoms with van der Waals surface area (Å²) in [5.74, 6) is 0.664. The van der Waals surface area contributed by atoms with Crippen LogP contribution in [0.3, 0.4) is 0 Å². The van der Waals surface area contributed by atoms with Crippen LogP contribution in [-0.4, -0.2) is 43.8 Å². The van der Waals surface area contributed by atoms with Crippen molar-refractivity contribution in [3.05, 3.63) is 94.0 Å². The van der Waals surface area contributed by atoms with E-state index >= 15 is 0 Å². The molecule has 0 saturated heterocycles. The molecule has 0 radical (unpaired) electrons. The highest BCUT2D eigenvalue weighted by Crippen LogP contribution is 2.31. The van der Waals surface area contributed by atoms with Gasteiger partial charge in [-0.3, -0.25) is 19.1 Å². The molecule has 0 fully saturated rings. The summed E-state index contributed by atoms with van der Waals surface area (Å²) < 4.78 is 2.01. The number of amides is 2. The van der Waals surface area contributed by atoms with Crippen LogP contribution >= 0.6 is 23.4 Å². The van der Waals surface area contributed by atoms with Crippen molar-refractivity contribution >= 4 is 35.2 Å². The monoisotopic (exact) mass is 488 g/mol. The van der Waals surface area contributed by atoms with Crippen molar-refractivity contribution in [3.8, 4) is 17.1 Å². The molecule has 1 aliphatic heterocycles. The van der Waals surface area contributed by atoms with Crippen LogP contribution in [0.4, 0.5) is 0 Å². The van der Waals surface area contributed by atoms with Crippen LogP contribution in [0.25, 0.3) is 17.1 Å². The average Bonchev–Trinajstić information content (AvgIpc) is 3.35. The molecule has 6 nitrogen and oxygen atoms in total. The SMILES string of the molecule is Cc1ccc(C)c(-n2c(SCCN3C(=O)c4ccccc4C3=O)nnc2-c2cccc(Cl)c2)c1. The maximum absolute atomic E-state index is 12.7. The maximum atomic E-state index is 12.7. The van der Waals surface area contributed by atoms with Gasteiger partial charge in [0.25, 0.3) is 11.8 Å². The third-order valence-corrected chi connectivity index (χ3v) is 6.89. The summed E-state index contributed by atoms with van der Waals surface area (Å²) in [5, 5.41) is 10.2. The minimum atomic E-state index is -0.253. The number of hydrogen-bond acceptors (Lipinski definition) is 5. The Morgan fingerprint density at radius 2 is 1.62 bits per heavy atom. The van der Waals surface area contributed by atoms with Gasteiger partial charge in [0.05, 0.1) is 16.8 Å². The van der Waals surface area contributed by atoms with Crippen LogP contribution in [0.2, 0.25) is 5.02 Å². The summed E-state index contributed by atoms with van der Waals surface area (Å²) in [5.41, 5.74) is 4.94. The Hall–Kier alpha value is -3.42. The van der Waals surface area contributed by atoms with Gasteiger partial charge in [-0.25, -0.2) is 0 Å². The zero-order chi connectivity index (χ0) is 23.8. The molecule has 1 aromatic heterocycles. The Kier molecular flexibility index (Phi) is 5.98. The molecule has 0 saturated carbocycles. The number of nitrogens with zero attached hydrogens (tertiary/aromatic N) is 4. The maximum Gasteiger partial charge on any atom is 0.261 e. The number of carbonyl (C=O) groups excluding carboxylic acids is 2. The first-order valence-corrected chi connectivity index (χ1v) is 12.2. The van der Waals surface area contributed by atoms with Crippen molar-refractivity contribution in [1.82, 2.24) is 19.7 Å². The summed E-state index contributed by atoms with van der Waals surface area (Å²) in [6.45, 7) is 4.37. The molecule has 4 aromatic rings. The van der Waals surface area contributed by atoms with Gasteiger partial charge in [-0.15, -0.1) is 10.2 Å². The number of halogens is 1. The Morgan fingerprint density at radius 3 is 2.32 bits per heavy atom. The summed E-state index contributed by atoms with van der Waals surface area (Å²) in [7, 11) is 0. The van der Waals surface area contributed by atoms with E-state index in [1.54, 1.807) is 24.3 Å². The molecule has 2 heterocycles. The molecule has 8 heteroatoms. The molecule has 0 unspecified atom stereocenters. The normalized spacial score (nSPS) is 13.0. The first-order valence-electron chi connectivity index (χ1n) is 10.8. The van der Waals surface area contributed by atoms with Crippen molar-refractivity contribution in [2.45, 2.75) is 19.0 Å². The highest BCUT2D eigenvalue weighted by Gasteiger charge is 2.34. The predicted molar refractivity (Wildman–Crippen MR) is 134 cm³/mol. The van der Waals surface area contributed by atoms with Crippen molar-refractivity contribution in [1.29, 1.82) is 0 Å². The number of imide groups is 1. The van der Waals surface area contributed by atoms with Crippen LogP contribution in [0, 0.1) is 13.8 Å². The van der Waals surface area contributed by atoms with Crippen LogP contribution in [0.5, 0.6) is 0 Å². The van der Waals surface area contributed by atoms with Gasteiger partial charge < -0.3 is 0 Å². The first-order chi connectivity index (χ1) is 16.4. The van der Waals surface area contributed by atoms with Crippen LogP contribution in [-0.2, 0) is 0 Å². The molecule has 0 aliphatic carbocycles. The number of hydrogen-bond donors (Lipinski definition) is 0. The first kappa shape index (κ1) is 22.4. The van der Waals surface area contributed by atoms with Crippen molar-refractivity contribution in [3.63, 3.8) is 0 Å².